The minimum absolute atomic E-state index is 0.142. The van der Waals surface area contributed by atoms with Crippen molar-refractivity contribution in [2.45, 2.75) is 38.9 Å². The maximum Gasteiger partial charge on any atom is 0.416 e. The number of anilines is 2. The van der Waals surface area contributed by atoms with Crippen LogP contribution in [0.3, 0.4) is 0 Å². The Morgan fingerprint density at radius 2 is 2.06 bits per heavy atom. The number of alkyl halides is 3. The Hall–Kier alpha value is -2.65. The van der Waals surface area contributed by atoms with E-state index in [1.165, 1.54) is 17.4 Å². The number of nitrogens with one attached hydrogen (secondary N) is 1. The van der Waals surface area contributed by atoms with Gasteiger partial charge in [0.1, 0.15) is 0 Å². The lowest BCUT2D eigenvalue weighted by Gasteiger charge is -2.26. The third-order valence-electron chi connectivity index (χ3n) is 5.59. The van der Waals surface area contributed by atoms with Crippen molar-refractivity contribution in [2.75, 3.05) is 24.1 Å². The van der Waals surface area contributed by atoms with Crippen LogP contribution >= 0.6 is 11.3 Å². The summed E-state index contributed by atoms with van der Waals surface area (Å²) in [4.78, 5) is 19.5. The number of rotatable bonds is 5. The van der Waals surface area contributed by atoms with Gasteiger partial charge in [-0.3, -0.25) is 9.69 Å². The number of likely N-dealkylation sites (tertiary alicyclic amines) is 1. The third kappa shape index (κ3) is 4.73. The minimum Gasteiger partial charge on any atom is -0.375 e. The highest BCUT2D eigenvalue weighted by Gasteiger charge is 2.33. The van der Waals surface area contributed by atoms with Crippen LogP contribution in [0, 0.1) is 5.92 Å². The summed E-state index contributed by atoms with van der Waals surface area (Å²) >= 11 is 1.34. The van der Waals surface area contributed by atoms with Gasteiger partial charge in [-0.2, -0.15) is 13.2 Å². The van der Waals surface area contributed by atoms with E-state index in [0.717, 1.165) is 36.3 Å². The number of fused-ring (bicyclic) bond motifs is 1. The summed E-state index contributed by atoms with van der Waals surface area (Å²) in [6.07, 6.45) is -2.93. The Bertz CT molecular complexity index is 1140. The smallest absolute Gasteiger partial charge is 0.375 e. The van der Waals surface area contributed by atoms with Gasteiger partial charge in [-0.25, -0.2) is 4.98 Å². The molecule has 170 valence electrons. The Kier molecular flexibility index (Phi) is 6.13. The normalized spacial score (nSPS) is 17.4. The number of halogens is 3. The fourth-order valence-electron chi connectivity index (χ4n) is 4.22. The number of nitrogens with zero attached hydrogens (tertiary/aromatic N) is 2. The van der Waals surface area contributed by atoms with Crippen molar-refractivity contribution >= 4 is 38.3 Å². The molecule has 3 aromatic rings. The van der Waals surface area contributed by atoms with Crippen molar-refractivity contribution in [1.82, 2.24) is 9.88 Å². The summed E-state index contributed by atoms with van der Waals surface area (Å²) in [6, 6.07) is 8.51. The molecule has 1 atom stereocenters. The monoisotopic (exact) mass is 462 g/mol. The van der Waals surface area contributed by atoms with E-state index in [0.29, 0.717) is 34.1 Å². The highest BCUT2D eigenvalue weighted by Crippen LogP contribution is 2.38. The van der Waals surface area contributed by atoms with E-state index in [9.17, 15) is 18.0 Å². The second kappa shape index (κ2) is 8.71. The number of amides is 1. The Balaban J connectivity index is 1.70. The van der Waals surface area contributed by atoms with Gasteiger partial charge in [0, 0.05) is 17.8 Å². The maximum atomic E-state index is 13.4. The molecular formula is C23H25F3N4OS. The molecule has 32 heavy (non-hydrogen) atoms. The Morgan fingerprint density at radius 3 is 2.78 bits per heavy atom. The fraction of sp³-hybridized carbons (Fsp3) is 0.391. The molecule has 0 saturated carbocycles. The zero-order chi connectivity index (χ0) is 23.0. The van der Waals surface area contributed by atoms with Gasteiger partial charge in [0.2, 0.25) is 5.91 Å². The second-order valence-corrected chi connectivity index (χ2v) is 9.59. The number of aromatic nitrogens is 1. The highest BCUT2D eigenvalue weighted by atomic mass is 32.1. The molecule has 5 nitrogen and oxygen atoms in total. The van der Waals surface area contributed by atoms with E-state index in [4.69, 9.17) is 5.73 Å². The number of benzene rings is 2. The summed E-state index contributed by atoms with van der Waals surface area (Å²) in [6.45, 7) is 5.75. The SMILES string of the molecule is CC(C)CN1CCC[C@H]1C(=O)Nc1cc(C(F)(F)F)ccc1-c1ccc2sc(N)nc2c1. The van der Waals surface area contributed by atoms with Crippen LogP contribution in [0.2, 0.25) is 0 Å². The van der Waals surface area contributed by atoms with Crippen LogP contribution in [-0.4, -0.2) is 34.9 Å². The van der Waals surface area contributed by atoms with Crippen molar-refractivity contribution in [2.24, 2.45) is 5.92 Å². The lowest BCUT2D eigenvalue weighted by molar-refractivity contribution is -0.137. The van der Waals surface area contributed by atoms with Crippen LogP contribution in [-0.2, 0) is 11.0 Å². The number of thiazole rings is 1. The van der Waals surface area contributed by atoms with E-state index in [1.807, 2.05) is 6.07 Å². The van der Waals surface area contributed by atoms with Gasteiger partial charge in [-0.05, 0) is 55.1 Å². The number of nitrogen functional groups attached to an aromatic ring is 1. The Morgan fingerprint density at radius 1 is 1.28 bits per heavy atom. The molecule has 0 spiro atoms. The van der Waals surface area contributed by atoms with Crippen LogP contribution in [0.1, 0.15) is 32.3 Å². The molecule has 0 unspecified atom stereocenters. The predicted octanol–water partition coefficient (Wildman–Crippen LogP) is 5.62. The zero-order valence-corrected chi connectivity index (χ0v) is 18.7. The summed E-state index contributed by atoms with van der Waals surface area (Å²) in [7, 11) is 0. The first-order valence-corrected chi connectivity index (χ1v) is 11.4. The first-order valence-electron chi connectivity index (χ1n) is 10.5. The molecule has 0 radical (unpaired) electrons. The molecule has 2 heterocycles. The van der Waals surface area contributed by atoms with E-state index in [-0.39, 0.29) is 17.6 Å². The molecule has 1 saturated heterocycles. The molecule has 1 fully saturated rings. The highest BCUT2D eigenvalue weighted by molar-refractivity contribution is 7.22. The van der Waals surface area contributed by atoms with Gasteiger partial charge < -0.3 is 11.1 Å². The van der Waals surface area contributed by atoms with Gasteiger partial charge >= 0.3 is 6.18 Å². The van der Waals surface area contributed by atoms with Crippen LogP contribution in [0.5, 0.6) is 0 Å². The number of hydrogen-bond acceptors (Lipinski definition) is 5. The van der Waals surface area contributed by atoms with Crippen molar-refractivity contribution in [3.8, 4) is 11.1 Å². The average molecular weight is 463 g/mol. The molecule has 0 aliphatic carbocycles. The van der Waals surface area contributed by atoms with Gasteiger partial charge in [0.05, 0.1) is 21.8 Å². The number of carbonyl (C=O) groups excluding carboxylic acids is 1. The standard InChI is InChI=1S/C23H25F3N4OS/c1-13(2)12-30-9-3-4-19(30)21(31)28-17-11-15(23(24,25)26)6-7-16(17)14-5-8-20-18(10-14)29-22(27)32-20/h5-8,10-11,13,19H,3-4,9,12H2,1-2H3,(H2,27,29)(H,28,31)/t19-/m0/s1. The third-order valence-corrected chi connectivity index (χ3v) is 6.45. The van der Waals surface area contributed by atoms with E-state index in [2.05, 4.69) is 29.0 Å². The molecular weight excluding hydrogens is 437 g/mol. The Labute approximate surface area is 188 Å². The summed E-state index contributed by atoms with van der Waals surface area (Å²) in [5.41, 5.74) is 6.96. The molecule has 4 rings (SSSR count). The molecule has 1 amide bonds. The maximum absolute atomic E-state index is 13.4. The molecule has 0 bridgehead atoms. The molecule has 3 N–H and O–H groups in total. The molecule has 2 aromatic carbocycles. The first kappa shape index (κ1) is 22.5. The topological polar surface area (TPSA) is 71.2 Å². The second-order valence-electron chi connectivity index (χ2n) is 8.53. The van der Waals surface area contributed by atoms with Crippen LogP contribution in [0.25, 0.3) is 21.3 Å². The summed E-state index contributed by atoms with van der Waals surface area (Å²) < 4.78 is 41.1. The van der Waals surface area contributed by atoms with Gasteiger partial charge in [0.15, 0.2) is 5.13 Å². The van der Waals surface area contributed by atoms with E-state index >= 15 is 0 Å². The van der Waals surface area contributed by atoms with Gasteiger partial charge in [0.25, 0.3) is 0 Å². The van der Waals surface area contributed by atoms with E-state index < -0.39 is 11.7 Å². The van der Waals surface area contributed by atoms with Gasteiger partial charge in [-0.15, -0.1) is 0 Å². The van der Waals surface area contributed by atoms with Crippen LogP contribution < -0.4 is 11.1 Å². The molecule has 1 aliphatic heterocycles. The first-order chi connectivity index (χ1) is 15.1. The van der Waals surface area contributed by atoms with Gasteiger partial charge in [-0.1, -0.05) is 37.3 Å². The number of nitrogens with two attached hydrogens (primary N) is 1. The average Bonchev–Trinajstić information content (AvgIpc) is 3.31. The molecule has 1 aliphatic rings. The number of hydrogen-bond donors (Lipinski definition) is 2. The van der Waals surface area contributed by atoms with E-state index in [1.54, 1.807) is 12.1 Å². The van der Waals surface area contributed by atoms with Crippen molar-refractivity contribution in [1.29, 1.82) is 0 Å². The number of carbonyl (C=O) groups is 1. The molecule has 9 heteroatoms. The zero-order valence-electron chi connectivity index (χ0n) is 17.9. The lowest BCUT2D eigenvalue weighted by atomic mass is 10.0. The predicted molar refractivity (Wildman–Crippen MR) is 123 cm³/mol. The minimum atomic E-state index is -4.51. The fourth-order valence-corrected chi connectivity index (χ4v) is 4.93. The largest absolute Gasteiger partial charge is 0.416 e. The van der Waals surface area contributed by atoms with Crippen LogP contribution in [0.4, 0.5) is 24.0 Å². The van der Waals surface area contributed by atoms with Crippen molar-refractivity contribution in [3.63, 3.8) is 0 Å². The quantitative estimate of drug-likeness (QED) is 0.516. The van der Waals surface area contributed by atoms with Crippen molar-refractivity contribution < 1.29 is 18.0 Å². The summed E-state index contributed by atoms with van der Waals surface area (Å²) in [5.74, 6) is 0.118. The van der Waals surface area contributed by atoms with Crippen LogP contribution in [0.15, 0.2) is 36.4 Å². The van der Waals surface area contributed by atoms with Crippen molar-refractivity contribution in [3.05, 3.63) is 42.0 Å². The summed E-state index contributed by atoms with van der Waals surface area (Å²) in [5, 5.41) is 3.22. The lowest BCUT2D eigenvalue weighted by Crippen LogP contribution is -2.41. The molecule has 1 aromatic heterocycles.